The van der Waals surface area contributed by atoms with E-state index in [1.54, 1.807) is 0 Å². The van der Waals surface area contributed by atoms with Crippen molar-refractivity contribution >= 4 is 0 Å². The van der Waals surface area contributed by atoms with Crippen LogP contribution >= 0.6 is 0 Å². The Morgan fingerprint density at radius 3 is 2.26 bits per heavy atom. The summed E-state index contributed by atoms with van der Waals surface area (Å²) >= 11 is 0. The Balaban J connectivity index is 1.39. The molecule has 5 unspecified atom stereocenters. The van der Waals surface area contributed by atoms with Gasteiger partial charge in [-0.05, 0) is 61.5 Å². The first-order valence-corrected chi connectivity index (χ1v) is 7.82. The molecule has 3 aliphatic carbocycles. The minimum atomic E-state index is -0.00560. The van der Waals surface area contributed by atoms with Crippen LogP contribution in [0.25, 0.3) is 0 Å². The van der Waals surface area contributed by atoms with Crippen molar-refractivity contribution in [1.29, 1.82) is 0 Å². The zero-order valence-corrected chi connectivity index (χ0v) is 11.1. The maximum absolute atomic E-state index is 6.07. The molecule has 0 aromatic heterocycles. The molecular weight excluding hydrogens is 236 g/mol. The van der Waals surface area contributed by atoms with Crippen LogP contribution < -0.4 is 9.47 Å². The van der Waals surface area contributed by atoms with Crippen molar-refractivity contribution in [2.24, 2.45) is 29.6 Å². The highest BCUT2D eigenvalue weighted by molar-refractivity contribution is 5.42. The molecule has 2 bridgehead atoms. The van der Waals surface area contributed by atoms with Gasteiger partial charge in [-0.2, -0.15) is 0 Å². The normalized spacial score (nSPS) is 42.8. The van der Waals surface area contributed by atoms with Gasteiger partial charge in [0.25, 0.3) is 0 Å². The zero-order chi connectivity index (χ0) is 12.4. The highest BCUT2D eigenvalue weighted by Crippen LogP contribution is 2.62. The molecule has 0 spiro atoms. The van der Waals surface area contributed by atoms with Gasteiger partial charge in [-0.3, -0.25) is 0 Å². The van der Waals surface area contributed by atoms with Crippen LogP contribution in [0.2, 0.25) is 0 Å². The largest absolute Gasteiger partial charge is 0.451 e. The van der Waals surface area contributed by atoms with Crippen molar-refractivity contribution in [3.63, 3.8) is 0 Å². The van der Waals surface area contributed by atoms with Crippen LogP contribution in [0.4, 0.5) is 0 Å². The molecule has 0 saturated heterocycles. The number of hydrogen-bond donors (Lipinski definition) is 0. The van der Waals surface area contributed by atoms with Gasteiger partial charge in [-0.1, -0.05) is 18.6 Å². The van der Waals surface area contributed by atoms with Gasteiger partial charge in [-0.25, -0.2) is 0 Å². The van der Waals surface area contributed by atoms with E-state index in [2.05, 4.69) is 0 Å². The molecule has 1 aromatic carbocycles. The van der Waals surface area contributed by atoms with E-state index < -0.39 is 0 Å². The van der Waals surface area contributed by atoms with Crippen LogP contribution in [0.5, 0.6) is 11.5 Å². The van der Waals surface area contributed by atoms with Crippen LogP contribution in [-0.4, -0.2) is 6.29 Å². The third-order valence-electron chi connectivity index (χ3n) is 6.17. The number of ether oxygens (including phenoxy) is 2. The number of hydrogen-bond acceptors (Lipinski definition) is 2. The van der Waals surface area contributed by atoms with Crippen molar-refractivity contribution < 1.29 is 9.47 Å². The van der Waals surface area contributed by atoms with E-state index in [1.807, 2.05) is 24.3 Å². The topological polar surface area (TPSA) is 18.5 Å². The van der Waals surface area contributed by atoms with Gasteiger partial charge in [0.15, 0.2) is 11.5 Å². The molecule has 0 radical (unpaired) electrons. The lowest BCUT2D eigenvalue weighted by Gasteiger charge is -2.33. The molecule has 4 aliphatic rings. The first-order valence-electron chi connectivity index (χ1n) is 7.82. The van der Waals surface area contributed by atoms with E-state index in [-0.39, 0.29) is 6.29 Å². The fourth-order valence-electron chi connectivity index (χ4n) is 5.53. The average Bonchev–Trinajstić information content (AvgIpc) is 3.18. The maximum Gasteiger partial charge on any atom is 0.244 e. The monoisotopic (exact) mass is 256 g/mol. The molecule has 1 heterocycles. The first-order chi connectivity index (χ1) is 9.40. The van der Waals surface area contributed by atoms with Crippen molar-refractivity contribution in [2.75, 3.05) is 0 Å². The van der Waals surface area contributed by atoms with E-state index in [0.29, 0.717) is 5.92 Å². The maximum atomic E-state index is 6.07. The van der Waals surface area contributed by atoms with Crippen LogP contribution in [0.3, 0.4) is 0 Å². The molecule has 5 rings (SSSR count). The molecule has 5 atom stereocenters. The minimum absolute atomic E-state index is 0.00560. The molecule has 1 aromatic rings. The van der Waals surface area contributed by atoms with Gasteiger partial charge < -0.3 is 9.47 Å². The predicted molar refractivity (Wildman–Crippen MR) is 72.0 cm³/mol. The highest BCUT2D eigenvalue weighted by Gasteiger charge is 2.57. The minimum Gasteiger partial charge on any atom is -0.451 e. The Labute approximate surface area is 114 Å². The van der Waals surface area contributed by atoms with Gasteiger partial charge >= 0.3 is 0 Å². The Hall–Kier alpha value is -1.18. The molecule has 3 saturated carbocycles. The van der Waals surface area contributed by atoms with E-state index in [9.17, 15) is 0 Å². The fraction of sp³-hybridized carbons (Fsp3) is 0.647. The molecule has 0 amide bonds. The van der Waals surface area contributed by atoms with E-state index in [0.717, 1.165) is 35.2 Å². The van der Waals surface area contributed by atoms with Crippen LogP contribution in [0, 0.1) is 29.6 Å². The Morgan fingerprint density at radius 2 is 1.47 bits per heavy atom. The predicted octanol–water partition coefficient (Wildman–Crippen LogP) is 3.86. The van der Waals surface area contributed by atoms with Crippen LogP contribution in [0.15, 0.2) is 24.3 Å². The molecule has 3 fully saturated rings. The smallest absolute Gasteiger partial charge is 0.244 e. The Kier molecular flexibility index (Phi) is 2.05. The van der Waals surface area contributed by atoms with E-state index in [4.69, 9.17) is 9.47 Å². The lowest BCUT2D eigenvalue weighted by atomic mass is 9.75. The summed E-state index contributed by atoms with van der Waals surface area (Å²) in [6.07, 6.45) is 7.19. The third kappa shape index (κ3) is 1.38. The lowest BCUT2D eigenvalue weighted by Crippen LogP contribution is -2.37. The van der Waals surface area contributed by atoms with Crippen molar-refractivity contribution in [3.8, 4) is 11.5 Å². The van der Waals surface area contributed by atoms with Crippen molar-refractivity contribution in [1.82, 2.24) is 0 Å². The number of para-hydroxylation sites is 2. The van der Waals surface area contributed by atoms with Crippen LogP contribution in [0.1, 0.15) is 32.1 Å². The molecule has 19 heavy (non-hydrogen) atoms. The summed E-state index contributed by atoms with van der Waals surface area (Å²) < 4.78 is 12.1. The van der Waals surface area contributed by atoms with E-state index >= 15 is 0 Å². The summed E-state index contributed by atoms with van der Waals surface area (Å²) in [4.78, 5) is 0. The summed E-state index contributed by atoms with van der Waals surface area (Å²) in [5, 5.41) is 0. The molecule has 1 aliphatic heterocycles. The number of rotatable bonds is 1. The lowest BCUT2D eigenvalue weighted by molar-refractivity contribution is -0.0400. The summed E-state index contributed by atoms with van der Waals surface area (Å²) in [5.74, 6) is 6.40. The number of benzene rings is 1. The van der Waals surface area contributed by atoms with Gasteiger partial charge in [0, 0.05) is 5.92 Å². The molecule has 0 N–H and O–H groups in total. The second-order valence-corrected chi connectivity index (χ2v) is 6.87. The average molecular weight is 256 g/mol. The fourth-order valence-corrected chi connectivity index (χ4v) is 5.53. The first kappa shape index (κ1) is 10.6. The number of fused-ring (bicyclic) bond motifs is 6. The van der Waals surface area contributed by atoms with Crippen molar-refractivity contribution in [3.05, 3.63) is 24.3 Å². The summed E-state index contributed by atoms with van der Waals surface area (Å²) in [6, 6.07) is 8.11. The SMILES string of the molecule is c1ccc2c(c1)OC(C1CC3CC1C1CCCC31)O2. The molecule has 2 nitrogen and oxygen atoms in total. The highest BCUT2D eigenvalue weighted by atomic mass is 16.7. The van der Waals surface area contributed by atoms with Gasteiger partial charge in [-0.15, -0.1) is 0 Å². The zero-order valence-electron chi connectivity index (χ0n) is 11.1. The van der Waals surface area contributed by atoms with Crippen LogP contribution in [-0.2, 0) is 0 Å². The second-order valence-electron chi connectivity index (χ2n) is 6.87. The van der Waals surface area contributed by atoms with Gasteiger partial charge in [0.2, 0.25) is 6.29 Å². The summed E-state index contributed by atoms with van der Waals surface area (Å²) in [6.45, 7) is 0. The second kappa shape index (κ2) is 3.68. The Morgan fingerprint density at radius 1 is 0.789 bits per heavy atom. The van der Waals surface area contributed by atoms with Gasteiger partial charge in [0.05, 0.1) is 0 Å². The van der Waals surface area contributed by atoms with E-state index in [1.165, 1.54) is 32.1 Å². The standard InChI is InChI=1S/C17H20O2/c1-2-7-16-15(6-1)18-17(19-16)14-9-10-8-13(14)12-5-3-4-11(10)12/h1-2,6-7,10-14,17H,3-5,8-9H2. The Bertz CT molecular complexity index is 487. The van der Waals surface area contributed by atoms with Gasteiger partial charge in [0.1, 0.15) is 0 Å². The summed E-state index contributed by atoms with van der Waals surface area (Å²) in [7, 11) is 0. The quantitative estimate of drug-likeness (QED) is 0.759. The summed E-state index contributed by atoms with van der Waals surface area (Å²) in [5.41, 5.74) is 0. The molecule has 2 heteroatoms. The third-order valence-corrected chi connectivity index (χ3v) is 6.17. The molecule has 100 valence electrons. The van der Waals surface area contributed by atoms with Crippen molar-refractivity contribution in [2.45, 2.75) is 38.4 Å². The molecular formula is C17H20O2.